The normalized spacial score (nSPS) is 13.6. The molecule has 0 heteroatoms. The summed E-state index contributed by atoms with van der Waals surface area (Å²) < 4.78 is 0. The van der Waals surface area contributed by atoms with Crippen molar-refractivity contribution in [2.45, 2.75) is 72.1 Å². The van der Waals surface area contributed by atoms with E-state index in [4.69, 9.17) is 0 Å². The van der Waals surface area contributed by atoms with Gasteiger partial charge < -0.3 is 0 Å². The lowest BCUT2D eigenvalue weighted by Crippen LogP contribution is -2.03. The zero-order valence-electron chi connectivity index (χ0n) is 11.9. The first kappa shape index (κ1) is 14.3. The van der Waals surface area contributed by atoms with E-state index < -0.39 is 0 Å². The molecule has 0 fully saturated rings. The molecule has 1 aliphatic carbocycles. The zero-order valence-corrected chi connectivity index (χ0v) is 11.9. The second-order valence-corrected chi connectivity index (χ2v) is 4.77. The van der Waals surface area contributed by atoms with Crippen LogP contribution in [0.15, 0.2) is 18.2 Å². The van der Waals surface area contributed by atoms with Crippen LogP contribution in [-0.4, -0.2) is 0 Å². The van der Waals surface area contributed by atoms with Gasteiger partial charge in [0.25, 0.3) is 0 Å². The minimum atomic E-state index is 1.28. The summed E-state index contributed by atoms with van der Waals surface area (Å²) in [5.41, 5.74) is 4.81. The quantitative estimate of drug-likeness (QED) is 0.616. The van der Waals surface area contributed by atoms with E-state index in [9.17, 15) is 0 Å². The Kier molecular flexibility index (Phi) is 7.00. The lowest BCUT2D eigenvalue weighted by Gasteiger charge is -2.16. The van der Waals surface area contributed by atoms with Crippen LogP contribution in [0, 0.1) is 0 Å². The second kappa shape index (κ2) is 8.33. The maximum atomic E-state index is 2.46. The minimum Gasteiger partial charge on any atom is -0.0683 e. The van der Waals surface area contributed by atoms with Gasteiger partial charge in [-0.3, -0.25) is 0 Å². The van der Waals surface area contributed by atoms with Gasteiger partial charge in [0.1, 0.15) is 0 Å². The van der Waals surface area contributed by atoms with Crippen molar-refractivity contribution in [2.24, 2.45) is 0 Å². The summed E-state index contributed by atoms with van der Waals surface area (Å²) in [7, 11) is 0. The largest absolute Gasteiger partial charge is 0.0683 e. The van der Waals surface area contributed by atoms with E-state index in [2.05, 4.69) is 25.1 Å². The van der Waals surface area contributed by atoms with E-state index >= 15 is 0 Å². The number of hydrogen-bond acceptors (Lipinski definition) is 0. The molecule has 0 aliphatic heterocycles. The van der Waals surface area contributed by atoms with Gasteiger partial charge in [0.05, 0.1) is 0 Å². The molecule has 96 valence electrons. The third kappa shape index (κ3) is 4.53. The molecular formula is C17H28. The number of unbranched alkanes of at least 4 members (excludes halogenated alkanes) is 2. The molecule has 0 atom stereocenters. The highest BCUT2D eigenvalue weighted by Gasteiger charge is 2.08. The molecule has 0 saturated carbocycles. The van der Waals surface area contributed by atoms with Crippen molar-refractivity contribution in [1.29, 1.82) is 0 Å². The van der Waals surface area contributed by atoms with Gasteiger partial charge in [-0.1, -0.05) is 51.8 Å². The fourth-order valence-corrected chi connectivity index (χ4v) is 2.52. The maximum Gasteiger partial charge on any atom is -0.0276 e. The Balaban J connectivity index is 0.000000686. The smallest absolute Gasteiger partial charge is 0.0276 e. The highest BCUT2D eigenvalue weighted by molar-refractivity contribution is 5.33. The monoisotopic (exact) mass is 232 g/mol. The van der Waals surface area contributed by atoms with Crippen molar-refractivity contribution in [3.63, 3.8) is 0 Å². The first-order chi connectivity index (χ1) is 8.40. The summed E-state index contributed by atoms with van der Waals surface area (Å²) in [5, 5.41) is 0. The van der Waals surface area contributed by atoms with E-state index in [-0.39, 0.29) is 0 Å². The molecule has 0 saturated heterocycles. The van der Waals surface area contributed by atoms with E-state index in [0.29, 0.717) is 0 Å². The van der Waals surface area contributed by atoms with Gasteiger partial charge in [-0.25, -0.2) is 0 Å². The zero-order chi connectivity index (χ0) is 12.5. The number of fused-ring (bicyclic) bond motifs is 1. The Labute approximate surface area is 107 Å². The number of benzene rings is 1. The first-order valence-corrected chi connectivity index (χ1v) is 7.51. The Morgan fingerprint density at radius 3 is 2.35 bits per heavy atom. The van der Waals surface area contributed by atoms with Crippen molar-refractivity contribution >= 4 is 0 Å². The molecule has 0 aromatic heterocycles. The summed E-state index contributed by atoms with van der Waals surface area (Å²) in [6.45, 7) is 6.27. The molecule has 0 radical (unpaired) electrons. The summed E-state index contributed by atoms with van der Waals surface area (Å²) in [6, 6.07) is 7.18. The molecule has 0 spiro atoms. The van der Waals surface area contributed by atoms with Gasteiger partial charge in [0.2, 0.25) is 0 Å². The van der Waals surface area contributed by atoms with Gasteiger partial charge in [-0.15, -0.1) is 0 Å². The maximum absolute atomic E-state index is 2.46. The molecule has 1 aliphatic rings. The highest BCUT2D eigenvalue weighted by Crippen LogP contribution is 2.22. The van der Waals surface area contributed by atoms with Crippen LogP contribution in [0.4, 0.5) is 0 Å². The predicted molar refractivity (Wildman–Crippen MR) is 77.7 cm³/mol. The van der Waals surface area contributed by atoms with Crippen LogP contribution in [0.25, 0.3) is 0 Å². The fourth-order valence-electron chi connectivity index (χ4n) is 2.52. The van der Waals surface area contributed by atoms with Crippen molar-refractivity contribution in [3.8, 4) is 0 Å². The molecule has 2 rings (SSSR count). The summed E-state index contributed by atoms with van der Waals surface area (Å²) in [5.74, 6) is 0. The topological polar surface area (TPSA) is 0 Å². The Morgan fingerprint density at radius 2 is 1.65 bits per heavy atom. The molecule has 0 bridgehead atoms. The van der Waals surface area contributed by atoms with E-state index in [1.54, 1.807) is 16.7 Å². The van der Waals surface area contributed by atoms with Crippen molar-refractivity contribution < 1.29 is 0 Å². The Bertz CT molecular complexity index is 312. The second-order valence-electron chi connectivity index (χ2n) is 4.77. The number of aryl methyl sites for hydroxylation is 3. The standard InChI is InChI=1S/C15H22.C2H6/c1-2-3-4-7-13-10-11-14-8-5-6-9-15(14)12-13;1-2/h10-12H,2-9H2,1H3;1-2H3. The molecule has 0 nitrogen and oxygen atoms in total. The van der Waals surface area contributed by atoms with Crippen LogP contribution in [0.5, 0.6) is 0 Å². The highest BCUT2D eigenvalue weighted by atomic mass is 14.1. The molecular weight excluding hydrogens is 204 g/mol. The number of rotatable bonds is 4. The lowest BCUT2D eigenvalue weighted by molar-refractivity contribution is 0.680. The third-order valence-corrected chi connectivity index (χ3v) is 3.48. The van der Waals surface area contributed by atoms with Crippen molar-refractivity contribution in [1.82, 2.24) is 0 Å². The average molecular weight is 232 g/mol. The molecule has 1 aromatic rings. The van der Waals surface area contributed by atoms with Gasteiger partial charge >= 0.3 is 0 Å². The SMILES string of the molecule is CC.CCCCCc1ccc2c(c1)CCCC2. The van der Waals surface area contributed by atoms with E-state index in [1.807, 2.05) is 13.8 Å². The molecule has 0 heterocycles. The number of hydrogen-bond donors (Lipinski definition) is 0. The van der Waals surface area contributed by atoms with Crippen LogP contribution >= 0.6 is 0 Å². The van der Waals surface area contributed by atoms with Crippen LogP contribution in [-0.2, 0) is 19.3 Å². The summed E-state index contributed by atoms with van der Waals surface area (Å²) >= 11 is 0. The van der Waals surface area contributed by atoms with Crippen LogP contribution in [0.2, 0.25) is 0 Å². The van der Waals surface area contributed by atoms with Gasteiger partial charge in [-0.05, 0) is 55.2 Å². The summed E-state index contributed by atoms with van der Waals surface area (Å²) in [6.07, 6.45) is 10.7. The first-order valence-electron chi connectivity index (χ1n) is 7.51. The molecule has 0 N–H and O–H groups in total. The van der Waals surface area contributed by atoms with Crippen LogP contribution < -0.4 is 0 Å². The van der Waals surface area contributed by atoms with Crippen LogP contribution in [0.3, 0.4) is 0 Å². The molecule has 17 heavy (non-hydrogen) atoms. The summed E-state index contributed by atoms with van der Waals surface area (Å²) in [4.78, 5) is 0. The lowest BCUT2D eigenvalue weighted by atomic mass is 9.89. The molecule has 0 amide bonds. The van der Waals surface area contributed by atoms with Gasteiger partial charge in [0, 0.05) is 0 Å². The predicted octanol–water partition coefficient (Wildman–Crippen LogP) is 5.32. The van der Waals surface area contributed by atoms with Gasteiger partial charge in [-0.2, -0.15) is 0 Å². The van der Waals surface area contributed by atoms with Crippen molar-refractivity contribution in [3.05, 3.63) is 34.9 Å². The fraction of sp³-hybridized carbons (Fsp3) is 0.647. The Morgan fingerprint density at radius 1 is 0.941 bits per heavy atom. The Hall–Kier alpha value is -0.780. The average Bonchev–Trinajstić information content (AvgIpc) is 2.41. The van der Waals surface area contributed by atoms with Crippen molar-refractivity contribution in [2.75, 3.05) is 0 Å². The van der Waals surface area contributed by atoms with E-state index in [1.165, 1.54) is 51.4 Å². The van der Waals surface area contributed by atoms with Crippen LogP contribution in [0.1, 0.15) is 69.6 Å². The third-order valence-electron chi connectivity index (χ3n) is 3.48. The molecule has 1 aromatic carbocycles. The van der Waals surface area contributed by atoms with E-state index in [0.717, 1.165) is 0 Å². The molecule has 0 unspecified atom stereocenters. The van der Waals surface area contributed by atoms with Gasteiger partial charge in [0.15, 0.2) is 0 Å². The minimum absolute atomic E-state index is 1.28.